The molecule has 148 valence electrons. The molecule has 2 aromatic heterocycles. The molecule has 7 nitrogen and oxygen atoms in total. The first-order chi connectivity index (χ1) is 13.5. The lowest BCUT2D eigenvalue weighted by molar-refractivity contribution is 0.202. The minimum Gasteiger partial charge on any atom is -0.328 e. The Morgan fingerprint density at radius 2 is 2.00 bits per heavy atom. The van der Waals surface area contributed by atoms with E-state index >= 15 is 0 Å². The fraction of sp³-hybridized carbons (Fsp3) is 0.450. The van der Waals surface area contributed by atoms with E-state index in [1.54, 1.807) is 12.1 Å². The zero-order chi connectivity index (χ0) is 19.7. The smallest absolute Gasteiger partial charge is 0.207 e. The third-order valence-corrected chi connectivity index (χ3v) is 5.21. The number of nitrogens with zero attached hydrogens (tertiary/aromatic N) is 6. The SMILES string of the molecule is CC(C)n1nnc(-c2cc(-n3cccc3CN3CCC(N)CC3)ccc2F)n1. The minimum absolute atomic E-state index is 0.0706. The van der Waals surface area contributed by atoms with E-state index in [1.807, 2.05) is 26.1 Å². The van der Waals surface area contributed by atoms with Gasteiger partial charge < -0.3 is 10.3 Å². The van der Waals surface area contributed by atoms with E-state index in [9.17, 15) is 4.39 Å². The molecular formula is C20H26FN7. The van der Waals surface area contributed by atoms with Gasteiger partial charge in [-0.1, -0.05) is 0 Å². The summed E-state index contributed by atoms with van der Waals surface area (Å²) in [7, 11) is 0. The number of halogens is 1. The second kappa shape index (κ2) is 7.81. The van der Waals surface area contributed by atoms with Crippen LogP contribution in [0.25, 0.3) is 17.1 Å². The van der Waals surface area contributed by atoms with Crippen LogP contribution in [0.4, 0.5) is 4.39 Å². The molecule has 1 fully saturated rings. The average molecular weight is 383 g/mol. The minimum atomic E-state index is -0.356. The molecule has 28 heavy (non-hydrogen) atoms. The Balaban J connectivity index is 1.61. The maximum atomic E-state index is 14.5. The van der Waals surface area contributed by atoms with E-state index in [4.69, 9.17) is 5.73 Å². The molecule has 0 aliphatic carbocycles. The number of nitrogens with two attached hydrogens (primary N) is 1. The number of rotatable bonds is 5. The van der Waals surface area contributed by atoms with Crippen LogP contribution in [-0.2, 0) is 6.54 Å². The number of likely N-dealkylation sites (tertiary alicyclic amines) is 1. The van der Waals surface area contributed by atoms with Gasteiger partial charge in [-0.2, -0.15) is 4.80 Å². The normalized spacial score (nSPS) is 16.2. The Hall–Kier alpha value is -2.58. The number of hydrogen-bond acceptors (Lipinski definition) is 5. The van der Waals surface area contributed by atoms with Crippen molar-refractivity contribution in [2.45, 2.75) is 45.3 Å². The van der Waals surface area contributed by atoms with Crippen LogP contribution in [0.3, 0.4) is 0 Å². The van der Waals surface area contributed by atoms with Crippen LogP contribution in [0.1, 0.15) is 38.4 Å². The summed E-state index contributed by atoms with van der Waals surface area (Å²) < 4.78 is 16.6. The molecule has 0 amide bonds. The molecule has 0 spiro atoms. The molecule has 0 radical (unpaired) electrons. The fourth-order valence-electron chi connectivity index (χ4n) is 3.52. The van der Waals surface area contributed by atoms with Gasteiger partial charge in [0.05, 0.1) is 11.6 Å². The molecular weight excluding hydrogens is 357 g/mol. The van der Waals surface area contributed by atoms with E-state index in [2.05, 4.69) is 30.9 Å². The van der Waals surface area contributed by atoms with Crippen molar-refractivity contribution >= 4 is 0 Å². The first kappa shape index (κ1) is 18.8. The van der Waals surface area contributed by atoms with Gasteiger partial charge >= 0.3 is 0 Å². The quantitative estimate of drug-likeness (QED) is 0.733. The highest BCUT2D eigenvalue weighted by atomic mass is 19.1. The van der Waals surface area contributed by atoms with Crippen LogP contribution in [0.15, 0.2) is 36.5 Å². The Morgan fingerprint density at radius 3 is 2.71 bits per heavy atom. The van der Waals surface area contributed by atoms with Crippen molar-refractivity contribution in [3.05, 3.63) is 48.0 Å². The first-order valence-corrected chi connectivity index (χ1v) is 9.75. The van der Waals surface area contributed by atoms with Gasteiger partial charge in [-0.05, 0) is 62.2 Å². The van der Waals surface area contributed by atoms with Crippen LogP contribution in [0.5, 0.6) is 0 Å². The first-order valence-electron chi connectivity index (χ1n) is 9.75. The summed E-state index contributed by atoms with van der Waals surface area (Å²) in [5, 5.41) is 12.3. The van der Waals surface area contributed by atoms with Gasteiger partial charge in [-0.3, -0.25) is 4.90 Å². The lowest BCUT2D eigenvalue weighted by Crippen LogP contribution is -2.39. The molecule has 3 heterocycles. The van der Waals surface area contributed by atoms with Crippen LogP contribution in [0, 0.1) is 5.82 Å². The van der Waals surface area contributed by atoms with Gasteiger partial charge in [0.2, 0.25) is 5.82 Å². The number of hydrogen-bond donors (Lipinski definition) is 1. The molecule has 1 saturated heterocycles. The zero-order valence-electron chi connectivity index (χ0n) is 16.3. The Morgan fingerprint density at radius 1 is 1.21 bits per heavy atom. The highest BCUT2D eigenvalue weighted by Crippen LogP contribution is 2.24. The predicted molar refractivity (Wildman–Crippen MR) is 105 cm³/mol. The molecule has 1 aromatic carbocycles. The molecule has 0 atom stereocenters. The lowest BCUT2D eigenvalue weighted by Gasteiger charge is -2.30. The van der Waals surface area contributed by atoms with Crippen molar-refractivity contribution < 1.29 is 4.39 Å². The van der Waals surface area contributed by atoms with Crippen molar-refractivity contribution in [1.82, 2.24) is 29.7 Å². The third-order valence-electron chi connectivity index (χ3n) is 5.21. The van der Waals surface area contributed by atoms with Crippen LogP contribution >= 0.6 is 0 Å². The van der Waals surface area contributed by atoms with E-state index in [1.165, 1.54) is 10.9 Å². The van der Waals surface area contributed by atoms with Gasteiger partial charge in [0.15, 0.2) is 0 Å². The number of benzene rings is 1. The van der Waals surface area contributed by atoms with Crippen molar-refractivity contribution in [3.8, 4) is 17.1 Å². The largest absolute Gasteiger partial charge is 0.328 e. The highest BCUT2D eigenvalue weighted by Gasteiger charge is 2.18. The Labute approximate surface area is 163 Å². The van der Waals surface area contributed by atoms with E-state index in [-0.39, 0.29) is 11.9 Å². The summed E-state index contributed by atoms with van der Waals surface area (Å²) in [5.74, 6) is -0.0578. The topological polar surface area (TPSA) is 77.8 Å². The Kier molecular flexibility index (Phi) is 5.23. The van der Waals surface area contributed by atoms with Crippen molar-refractivity contribution in [2.75, 3.05) is 13.1 Å². The molecule has 0 unspecified atom stereocenters. The summed E-state index contributed by atoms with van der Waals surface area (Å²) in [6.45, 7) is 6.76. The molecule has 3 aromatic rings. The lowest BCUT2D eigenvalue weighted by atomic mass is 10.1. The molecule has 4 rings (SSSR count). The average Bonchev–Trinajstić information content (AvgIpc) is 3.34. The predicted octanol–water partition coefficient (Wildman–Crippen LogP) is 2.77. The van der Waals surface area contributed by atoms with Crippen LogP contribution < -0.4 is 5.73 Å². The van der Waals surface area contributed by atoms with Crippen LogP contribution in [-0.4, -0.2) is 48.8 Å². The maximum Gasteiger partial charge on any atom is 0.207 e. The molecule has 1 aliphatic heterocycles. The summed E-state index contributed by atoms with van der Waals surface area (Å²) >= 11 is 0. The molecule has 0 saturated carbocycles. The van der Waals surface area contributed by atoms with Gasteiger partial charge in [0.1, 0.15) is 5.82 Å². The molecule has 8 heteroatoms. The standard InChI is InChI=1S/C20H26FN7/c1-14(2)28-24-20(23-25-28)18-12-16(5-6-19(18)21)27-9-3-4-17(27)13-26-10-7-15(22)8-11-26/h3-6,9,12,14-15H,7-8,10-11,13,22H2,1-2H3. The molecule has 2 N–H and O–H groups in total. The van der Waals surface area contributed by atoms with Crippen molar-refractivity contribution in [2.24, 2.45) is 5.73 Å². The van der Waals surface area contributed by atoms with Crippen molar-refractivity contribution in [1.29, 1.82) is 0 Å². The summed E-state index contributed by atoms with van der Waals surface area (Å²) in [6.07, 6.45) is 4.05. The van der Waals surface area contributed by atoms with E-state index < -0.39 is 0 Å². The highest BCUT2D eigenvalue weighted by molar-refractivity contribution is 5.59. The molecule has 1 aliphatic rings. The second-order valence-electron chi connectivity index (χ2n) is 7.67. The Bertz CT molecular complexity index is 938. The van der Waals surface area contributed by atoms with Gasteiger partial charge in [0, 0.05) is 43.3 Å². The van der Waals surface area contributed by atoms with Gasteiger partial charge in [-0.25, -0.2) is 4.39 Å². The zero-order valence-corrected chi connectivity index (χ0v) is 16.3. The monoisotopic (exact) mass is 383 g/mol. The summed E-state index contributed by atoms with van der Waals surface area (Å²) in [6, 6.07) is 9.53. The second-order valence-corrected chi connectivity index (χ2v) is 7.67. The van der Waals surface area contributed by atoms with Crippen LogP contribution in [0.2, 0.25) is 0 Å². The third kappa shape index (κ3) is 3.83. The van der Waals surface area contributed by atoms with E-state index in [0.29, 0.717) is 17.4 Å². The van der Waals surface area contributed by atoms with E-state index in [0.717, 1.165) is 43.9 Å². The maximum absolute atomic E-state index is 14.5. The molecule has 0 bridgehead atoms. The summed E-state index contributed by atoms with van der Waals surface area (Å²) in [4.78, 5) is 3.90. The van der Waals surface area contributed by atoms with Gasteiger partial charge in [-0.15, -0.1) is 10.2 Å². The number of tetrazole rings is 1. The fourth-order valence-corrected chi connectivity index (χ4v) is 3.52. The van der Waals surface area contributed by atoms with Crippen molar-refractivity contribution in [3.63, 3.8) is 0 Å². The summed E-state index contributed by atoms with van der Waals surface area (Å²) in [5.41, 5.74) is 8.41. The number of piperidine rings is 1. The van der Waals surface area contributed by atoms with Gasteiger partial charge in [0.25, 0.3) is 0 Å². The number of aromatic nitrogens is 5.